The van der Waals surface area contributed by atoms with Crippen molar-refractivity contribution in [3.8, 4) is 0 Å². The molecule has 0 aromatic heterocycles. The van der Waals surface area contributed by atoms with Crippen LogP contribution in [0.15, 0.2) is 23.8 Å². The smallest absolute Gasteiger partial charge is 0.0605 e. The van der Waals surface area contributed by atoms with Crippen molar-refractivity contribution in [1.29, 1.82) is 0 Å². The van der Waals surface area contributed by atoms with Crippen molar-refractivity contribution in [1.82, 2.24) is 0 Å². The molecule has 2 aliphatic rings. The van der Waals surface area contributed by atoms with Crippen LogP contribution >= 0.6 is 0 Å². The average Bonchev–Trinajstić information content (AvgIpc) is 2.20. The minimum atomic E-state index is -0.156. The lowest BCUT2D eigenvalue weighted by atomic mass is 9.56. The number of hydrogen-bond acceptors (Lipinski definition) is 1. The number of rotatable bonds is 1. The fourth-order valence-electron chi connectivity index (χ4n) is 3.62. The zero-order chi connectivity index (χ0) is 11.9. The van der Waals surface area contributed by atoms with Gasteiger partial charge in [0.2, 0.25) is 0 Å². The molecule has 16 heavy (non-hydrogen) atoms. The molecule has 0 aliphatic heterocycles. The molecule has 1 nitrogen and oxygen atoms in total. The van der Waals surface area contributed by atoms with E-state index < -0.39 is 0 Å². The lowest BCUT2D eigenvalue weighted by molar-refractivity contribution is -0.0534. The van der Waals surface area contributed by atoms with Crippen LogP contribution in [0, 0.1) is 17.3 Å². The zero-order valence-electron chi connectivity index (χ0n) is 10.8. The molecule has 4 atom stereocenters. The summed E-state index contributed by atoms with van der Waals surface area (Å²) in [7, 11) is 0. The second-order valence-electron chi connectivity index (χ2n) is 6.08. The summed E-state index contributed by atoms with van der Waals surface area (Å²) in [6.45, 7) is 10.7. The third-order valence-electron chi connectivity index (χ3n) is 4.98. The van der Waals surface area contributed by atoms with E-state index in [0.717, 1.165) is 19.3 Å². The maximum Gasteiger partial charge on any atom is 0.0605 e. The van der Waals surface area contributed by atoms with Crippen LogP contribution in [0.5, 0.6) is 0 Å². The van der Waals surface area contributed by atoms with E-state index in [1.165, 1.54) is 17.6 Å². The normalized spacial score (nSPS) is 43.5. The molecule has 1 fully saturated rings. The number of hydrogen-bond donors (Lipinski definition) is 1. The van der Waals surface area contributed by atoms with Gasteiger partial charge in [0.05, 0.1) is 6.10 Å². The van der Waals surface area contributed by atoms with Crippen LogP contribution in [-0.4, -0.2) is 11.2 Å². The van der Waals surface area contributed by atoms with E-state index >= 15 is 0 Å². The van der Waals surface area contributed by atoms with Crippen LogP contribution in [0.25, 0.3) is 0 Å². The van der Waals surface area contributed by atoms with Crippen molar-refractivity contribution >= 4 is 0 Å². The van der Waals surface area contributed by atoms with Crippen LogP contribution in [0.1, 0.15) is 46.5 Å². The highest BCUT2D eigenvalue weighted by Gasteiger charge is 2.47. The standard InChI is InChI=1S/C15H24O/c1-10(2)12-8-13-11(3)6-5-7-15(13,4)14(16)9-12/h6,12-14,16H,1,5,7-9H2,2-4H3/t12-,13-,14?,15-/m0/s1. The van der Waals surface area contributed by atoms with Crippen molar-refractivity contribution in [3.05, 3.63) is 23.8 Å². The Morgan fingerprint density at radius 2 is 2.19 bits per heavy atom. The van der Waals surface area contributed by atoms with Crippen molar-refractivity contribution in [2.45, 2.75) is 52.6 Å². The second-order valence-corrected chi connectivity index (χ2v) is 6.08. The Morgan fingerprint density at radius 1 is 1.50 bits per heavy atom. The van der Waals surface area contributed by atoms with Crippen LogP contribution in [0.2, 0.25) is 0 Å². The summed E-state index contributed by atoms with van der Waals surface area (Å²) in [5.41, 5.74) is 2.84. The second kappa shape index (κ2) is 4.03. The highest BCUT2D eigenvalue weighted by atomic mass is 16.3. The minimum absolute atomic E-state index is 0.116. The van der Waals surface area contributed by atoms with Crippen LogP contribution in [-0.2, 0) is 0 Å². The molecule has 1 unspecified atom stereocenters. The molecule has 0 aromatic rings. The monoisotopic (exact) mass is 220 g/mol. The molecule has 0 bridgehead atoms. The summed E-state index contributed by atoms with van der Waals surface area (Å²) in [6.07, 6.45) is 6.57. The predicted molar refractivity (Wildman–Crippen MR) is 68.1 cm³/mol. The molecular formula is C15H24O. The van der Waals surface area contributed by atoms with Crippen molar-refractivity contribution in [2.24, 2.45) is 17.3 Å². The Bertz CT molecular complexity index is 328. The van der Waals surface area contributed by atoms with Gasteiger partial charge in [0.25, 0.3) is 0 Å². The number of aliphatic hydroxyl groups is 1. The summed E-state index contributed by atoms with van der Waals surface area (Å²) in [4.78, 5) is 0. The van der Waals surface area contributed by atoms with Gasteiger partial charge in [0, 0.05) is 5.41 Å². The van der Waals surface area contributed by atoms with Crippen LogP contribution < -0.4 is 0 Å². The Morgan fingerprint density at radius 3 is 2.81 bits per heavy atom. The molecule has 1 N–H and O–H groups in total. The largest absolute Gasteiger partial charge is 0.393 e. The van der Waals surface area contributed by atoms with Crippen molar-refractivity contribution in [3.63, 3.8) is 0 Å². The first kappa shape index (κ1) is 11.9. The first-order valence-corrected chi connectivity index (χ1v) is 6.45. The number of allylic oxidation sites excluding steroid dienone is 3. The van der Waals surface area contributed by atoms with Gasteiger partial charge < -0.3 is 5.11 Å². The maximum atomic E-state index is 10.4. The van der Waals surface area contributed by atoms with E-state index in [9.17, 15) is 5.11 Å². The van der Waals surface area contributed by atoms with Crippen LogP contribution in [0.4, 0.5) is 0 Å². The summed E-state index contributed by atoms with van der Waals surface area (Å²) >= 11 is 0. The maximum absolute atomic E-state index is 10.4. The predicted octanol–water partition coefficient (Wildman–Crippen LogP) is 3.70. The first-order chi connectivity index (χ1) is 7.45. The summed E-state index contributed by atoms with van der Waals surface area (Å²) in [5.74, 6) is 1.07. The van der Waals surface area contributed by atoms with Gasteiger partial charge in [-0.3, -0.25) is 0 Å². The molecule has 0 saturated heterocycles. The third kappa shape index (κ3) is 1.75. The molecule has 2 rings (SSSR count). The van der Waals surface area contributed by atoms with E-state index in [1.807, 2.05) is 0 Å². The number of aliphatic hydroxyl groups excluding tert-OH is 1. The minimum Gasteiger partial charge on any atom is -0.393 e. The van der Waals surface area contributed by atoms with E-state index in [0.29, 0.717) is 11.8 Å². The average molecular weight is 220 g/mol. The molecule has 1 saturated carbocycles. The summed E-state index contributed by atoms with van der Waals surface area (Å²) < 4.78 is 0. The lowest BCUT2D eigenvalue weighted by Gasteiger charge is -2.50. The zero-order valence-corrected chi connectivity index (χ0v) is 10.8. The summed E-state index contributed by atoms with van der Waals surface area (Å²) in [6, 6.07) is 0. The molecule has 0 radical (unpaired) electrons. The molecule has 1 heteroatoms. The van der Waals surface area contributed by atoms with Gasteiger partial charge in [-0.25, -0.2) is 0 Å². The number of fused-ring (bicyclic) bond motifs is 1. The van der Waals surface area contributed by atoms with E-state index in [2.05, 4.69) is 33.4 Å². The highest BCUT2D eigenvalue weighted by Crippen LogP contribution is 2.52. The van der Waals surface area contributed by atoms with Crippen LogP contribution in [0.3, 0.4) is 0 Å². The quantitative estimate of drug-likeness (QED) is 0.668. The van der Waals surface area contributed by atoms with E-state index in [4.69, 9.17) is 0 Å². The SMILES string of the molecule is C=C(C)[C@@H]1CC(O)[C@@]2(C)CCC=C(C)[C@@H]2C1. The van der Waals surface area contributed by atoms with Crippen molar-refractivity contribution < 1.29 is 5.11 Å². The summed E-state index contributed by atoms with van der Waals surface area (Å²) in [5, 5.41) is 10.4. The Hall–Kier alpha value is -0.560. The molecule has 2 aliphatic carbocycles. The molecule has 0 aromatic carbocycles. The molecular weight excluding hydrogens is 196 g/mol. The van der Waals surface area contributed by atoms with Crippen molar-refractivity contribution in [2.75, 3.05) is 0 Å². The van der Waals surface area contributed by atoms with Gasteiger partial charge in [-0.15, -0.1) is 0 Å². The van der Waals surface area contributed by atoms with Gasteiger partial charge in [0.1, 0.15) is 0 Å². The van der Waals surface area contributed by atoms with Gasteiger partial charge in [-0.1, -0.05) is 30.7 Å². The molecule has 0 heterocycles. The Labute approximate surface area is 99.3 Å². The fourth-order valence-corrected chi connectivity index (χ4v) is 3.62. The highest BCUT2D eigenvalue weighted by molar-refractivity contribution is 5.19. The van der Waals surface area contributed by atoms with E-state index in [-0.39, 0.29) is 11.5 Å². The van der Waals surface area contributed by atoms with Gasteiger partial charge in [0.15, 0.2) is 0 Å². The van der Waals surface area contributed by atoms with Gasteiger partial charge >= 0.3 is 0 Å². The lowest BCUT2D eigenvalue weighted by Crippen LogP contribution is -2.47. The molecule has 0 spiro atoms. The fraction of sp³-hybridized carbons (Fsp3) is 0.733. The molecule has 0 amide bonds. The van der Waals surface area contributed by atoms with Gasteiger partial charge in [-0.05, 0) is 51.4 Å². The Balaban J connectivity index is 2.28. The van der Waals surface area contributed by atoms with Gasteiger partial charge in [-0.2, -0.15) is 0 Å². The first-order valence-electron chi connectivity index (χ1n) is 6.45. The Kier molecular flexibility index (Phi) is 3.00. The topological polar surface area (TPSA) is 20.2 Å². The third-order valence-corrected chi connectivity index (χ3v) is 4.98. The molecule has 90 valence electrons. The van der Waals surface area contributed by atoms with E-state index in [1.54, 1.807) is 0 Å².